The average Bonchev–Trinajstić information content (AvgIpc) is 2.41. The Kier molecular flexibility index (Phi) is 6.46. The molecule has 0 radical (unpaired) electrons. The summed E-state index contributed by atoms with van der Waals surface area (Å²) < 4.78 is 42.8. The molecule has 0 heterocycles. The maximum Gasteiger partial charge on any atom is 0.417 e. The molecule has 1 aromatic carbocycles. The van der Waals surface area contributed by atoms with Gasteiger partial charge in [-0.25, -0.2) is 4.79 Å². The fraction of sp³-hybridized carbons (Fsp3) is 0.333. The number of carbonyl (C=O) groups is 1. The van der Waals surface area contributed by atoms with Crippen molar-refractivity contribution in [1.29, 1.82) is 5.26 Å². The molecule has 0 aliphatic rings. The van der Waals surface area contributed by atoms with Gasteiger partial charge in [-0.05, 0) is 24.6 Å². The van der Waals surface area contributed by atoms with E-state index in [1.807, 2.05) is 6.07 Å². The van der Waals surface area contributed by atoms with Crippen molar-refractivity contribution < 1.29 is 22.7 Å². The van der Waals surface area contributed by atoms with Crippen LogP contribution in [0.25, 0.3) is 0 Å². The Balaban J connectivity index is 2.76. The zero-order chi connectivity index (χ0) is 17.6. The third-order valence-corrected chi connectivity index (χ3v) is 3.17. The Labute approximate surface area is 136 Å². The molecule has 4 nitrogen and oxygen atoms in total. The fourth-order valence-corrected chi connectivity index (χ4v) is 2.08. The van der Waals surface area contributed by atoms with Gasteiger partial charge in [-0.3, -0.25) is 0 Å². The molecule has 0 spiro atoms. The summed E-state index contributed by atoms with van der Waals surface area (Å²) in [6.07, 6.45) is -3.34. The number of halogens is 4. The summed E-state index contributed by atoms with van der Waals surface area (Å²) in [7, 11) is 0. The van der Waals surface area contributed by atoms with E-state index in [1.54, 1.807) is 0 Å². The first-order chi connectivity index (χ1) is 10.6. The maximum atomic E-state index is 12.6. The van der Waals surface area contributed by atoms with Crippen LogP contribution in [0.4, 0.5) is 13.2 Å². The predicted octanol–water partition coefficient (Wildman–Crippen LogP) is 3.76. The lowest BCUT2D eigenvalue weighted by molar-refractivity contribution is -0.138. The molecule has 2 N–H and O–H groups in total. The van der Waals surface area contributed by atoms with E-state index in [1.165, 1.54) is 13.0 Å². The second-order valence-electron chi connectivity index (χ2n) is 4.76. The van der Waals surface area contributed by atoms with Crippen molar-refractivity contribution in [3.63, 3.8) is 0 Å². The lowest BCUT2D eigenvalue weighted by Gasteiger charge is -2.13. The van der Waals surface area contributed by atoms with Gasteiger partial charge in [0.1, 0.15) is 0 Å². The van der Waals surface area contributed by atoms with E-state index in [4.69, 9.17) is 27.3 Å². The standard InChI is InChI=1S/C15H14ClF3N2O2/c1-9(21)6-14(22)23-5-4-11(8-20)10-2-3-12(13(16)7-10)15(17,18)19/h2-3,6-7,11H,4-5,21H2,1H3/b9-6-. The fourth-order valence-electron chi connectivity index (χ4n) is 1.79. The smallest absolute Gasteiger partial charge is 0.417 e. The molecule has 0 aromatic heterocycles. The molecule has 8 heteroatoms. The van der Waals surface area contributed by atoms with E-state index in [-0.39, 0.29) is 18.7 Å². The molecule has 1 aromatic rings. The van der Waals surface area contributed by atoms with Crippen LogP contribution in [-0.4, -0.2) is 12.6 Å². The maximum absolute atomic E-state index is 12.6. The molecular formula is C15H14ClF3N2O2. The van der Waals surface area contributed by atoms with Crippen LogP contribution in [-0.2, 0) is 15.7 Å². The van der Waals surface area contributed by atoms with E-state index < -0.39 is 28.6 Å². The molecule has 0 saturated carbocycles. The van der Waals surface area contributed by atoms with Crippen LogP contribution in [0.2, 0.25) is 5.02 Å². The molecule has 23 heavy (non-hydrogen) atoms. The van der Waals surface area contributed by atoms with E-state index >= 15 is 0 Å². The van der Waals surface area contributed by atoms with E-state index in [0.29, 0.717) is 5.56 Å². The number of benzene rings is 1. The van der Waals surface area contributed by atoms with Crippen LogP contribution in [0.1, 0.15) is 30.4 Å². The Morgan fingerprint density at radius 2 is 2.17 bits per heavy atom. The summed E-state index contributed by atoms with van der Waals surface area (Å²) in [6.45, 7) is 1.45. The summed E-state index contributed by atoms with van der Waals surface area (Å²) in [5.74, 6) is -1.39. The van der Waals surface area contributed by atoms with Crippen molar-refractivity contribution in [2.75, 3.05) is 6.61 Å². The molecule has 1 rings (SSSR count). The summed E-state index contributed by atoms with van der Waals surface area (Å²) in [6, 6.07) is 5.06. The van der Waals surface area contributed by atoms with Gasteiger partial charge in [0.2, 0.25) is 0 Å². The number of nitrogens with zero attached hydrogens (tertiary/aromatic N) is 1. The van der Waals surface area contributed by atoms with Crippen molar-refractivity contribution in [2.45, 2.75) is 25.4 Å². The highest BCUT2D eigenvalue weighted by Gasteiger charge is 2.33. The molecule has 0 bridgehead atoms. The number of nitrogens with two attached hydrogens (primary N) is 1. The molecule has 1 unspecified atom stereocenters. The highest BCUT2D eigenvalue weighted by Crippen LogP contribution is 2.36. The first kappa shape index (κ1) is 18.8. The highest BCUT2D eigenvalue weighted by atomic mass is 35.5. The Bertz CT molecular complexity index is 647. The van der Waals surface area contributed by atoms with Crippen molar-refractivity contribution in [2.24, 2.45) is 5.73 Å². The summed E-state index contributed by atoms with van der Waals surface area (Å²) in [4.78, 5) is 11.3. The zero-order valence-electron chi connectivity index (χ0n) is 12.2. The number of hydrogen-bond acceptors (Lipinski definition) is 4. The lowest BCUT2D eigenvalue weighted by atomic mass is 9.96. The van der Waals surface area contributed by atoms with Crippen LogP contribution in [0.3, 0.4) is 0 Å². The monoisotopic (exact) mass is 346 g/mol. The molecule has 0 amide bonds. The normalized spacial score (nSPS) is 13.3. The number of carbonyl (C=O) groups excluding carboxylic acids is 1. The number of ether oxygens (including phenoxy) is 1. The van der Waals surface area contributed by atoms with Crippen LogP contribution in [0, 0.1) is 11.3 Å². The van der Waals surface area contributed by atoms with Gasteiger partial charge >= 0.3 is 12.1 Å². The molecule has 0 aliphatic heterocycles. The van der Waals surface area contributed by atoms with Crippen molar-refractivity contribution >= 4 is 17.6 Å². The molecule has 0 aliphatic carbocycles. The Morgan fingerprint density at radius 1 is 1.52 bits per heavy atom. The van der Waals surface area contributed by atoms with Crippen molar-refractivity contribution in [1.82, 2.24) is 0 Å². The number of allylic oxidation sites excluding steroid dienone is 1. The minimum atomic E-state index is -4.56. The number of rotatable bonds is 5. The van der Waals surface area contributed by atoms with Crippen molar-refractivity contribution in [3.05, 3.63) is 46.1 Å². The highest BCUT2D eigenvalue weighted by molar-refractivity contribution is 6.31. The van der Waals surface area contributed by atoms with Gasteiger partial charge < -0.3 is 10.5 Å². The van der Waals surface area contributed by atoms with Gasteiger partial charge in [0.15, 0.2) is 0 Å². The number of nitriles is 1. The Hall–Kier alpha value is -2.20. The molecule has 0 fully saturated rings. The van der Waals surface area contributed by atoms with Crippen LogP contribution in [0.15, 0.2) is 30.0 Å². The summed E-state index contributed by atoms with van der Waals surface area (Å²) in [5, 5.41) is 8.64. The van der Waals surface area contributed by atoms with E-state index in [0.717, 1.165) is 18.2 Å². The SMILES string of the molecule is C/C(N)=C/C(=O)OCCC(C#N)c1ccc(C(F)(F)F)c(Cl)c1. The summed E-state index contributed by atoms with van der Waals surface area (Å²) >= 11 is 5.62. The third kappa shape index (κ3) is 5.83. The van der Waals surface area contributed by atoms with Gasteiger partial charge in [-0.15, -0.1) is 0 Å². The van der Waals surface area contributed by atoms with Crippen LogP contribution in [0.5, 0.6) is 0 Å². The largest absolute Gasteiger partial charge is 0.462 e. The predicted molar refractivity (Wildman–Crippen MR) is 78.3 cm³/mol. The zero-order valence-corrected chi connectivity index (χ0v) is 12.9. The lowest BCUT2D eigenvalue weighted by Crippen LogP contribution is -2.09. The number of alkyl halides is 3. The molecule has 0 saturated heterocycles. The van der Waals surface area contributed by atoms with Crippen LogP contribution < -0.4 is 5.73 Å². The topological polar surface area (TPSA) is 76.1 Å². The van der Waals surface area contributed by atoms with Crippen LogP contribution >= 0.6 is 11.6 Å². The first-order valence-corrected chi connectivity index (χ1v) is 6.89. The second-order valence-corrected chi connectivity index (χ2v) is 5.17. The average molecular weight is 347 g/mol. The van der Waals surface area contributed by atoms with Crippen molar-refractivity contribution in [3.8, 4) is 6.07 Å². The summed E-state index contributed by atoms with van der Waals surface area (Å²) in [5.41, 5.74) is 4.95. The van der Waals surface area contributed by atoms with Gasteiger partial charge in [-0.1, -0.05) is 17.7 Å². The first-order valence-electron chi connectivity index (χ1n) is 6.52. The minimum Gasteiger partial charge on any atom is -0.462 e. The van der Waals surface area contributed by atoms with E-state index in [9.17, 15) is 18.0 Å². The number of esters is 1. The molecule has 124 valence electrons. The van der Waals surface area contributed by atoms with Gasteiger partial charge in [0.25, 0.3) is 0 Å². The quantitative estimate of drug-likeness (QED) is 0.650. The van der Waals surface area contributed by atoms with Gasteiger partial charge in [0, 0.05) is 18.2 Å². The van der Waals surface area contributed by atoms with Gasteiger partial charge in [0.05, 0.1) is 29.2 Å². The third-order valence-electron chi connectivity index (χ3n) is 2.85. The number of hydrogen-bond donors (Lipinski definition) is 1. The minimum absolute atomic E-state index is 0.0700. The van der Waals surface area contributed by atoms with Gasteiger partial charge in [-0.2, -0.15) is 18.4 Å². The molecule has 1 atom stereocenters. The second kappa shape index (κ2) is 7.88. The Morgan fingerprint density at radius 3 is 2.65 bits per heavy atom. The molecular weight excluding hydrogens is 333 g/mol. The van der Waals surface area contributed by atoms with E-state index in [2.05, 4.69) is 0 Å².